The Morgan fingerprint density at radius 1 is 1.21 bits per heavy atom. The van der Waals surface area contributed by atoms with Crippen molar-refractivity contribution >= 4 is 46.0 Å². The van der Waals surface area contributed by atoms with E-state index in [-0.39, 0.29) is 6.01 Å². The molecule has 0 bridgehead atoms. The molecule has 2 amide bonds. The molecule has 10 heteroatoms. The molecule has 0 saturated carbocycles. The number of fused-ring (bicyclic) bond motifs is 2. The van der Waals surface area contributed by atoms with Crippen LogP contribution in [0.3, 0.4) is 0 Å². The molecule has 0 fully saturated rings. The van der Waals surface area contributed by atoms with Crippen LogP contribution in [0.25, 0.3) is 11.0 Å². The van der Waals surface area contributed by atoms with Crippen LogP contribution in [0, 0.1) is 0 Å². The van der Waals surface area contributed by atoms with E-state index in [0.717, 1.165) is 0 Å². The summed E-state index contributed by atoms with van der Waals surface area (Å²) in [6, 6.07) is 16.5. The zero-order chi connectivity index (χ0) is 23.3. The van der Waals surface area contributed by atoms with Crippen molar-refractivity contribution in [2.75, 3.05) is 17.7 Å². The molecular weight excluding hydrogens is 446 g/mol. The van der Waals surface area contributed by atoms with Gasteiger partial charge in [0.2, 0.25) is 0 Å². The Balaban J connectivity index is 1.69. The smallest absolute Gasteiger partial charge is 0.399 e. The number of carbonyl (C=O) groups excluding carboxylic acids is 2. The maximum absolute atomic E-state index is 13.4. The van der Waals surface area contributed by atoms with E-state index >= 15 is 0 Å². The van der Waals surface area contributed by atoms with E-state index in [1.165, 1.54) is 11.9 Å². The van der Waals surface area contributed by atoms with Gasteiger partial charge in [-0.1, -0.05) is 35.9 Å². The normalized spacial score (nSPS) is 17.3. The van der Waals surface area contributed by atoms with Gasteiger partial charge in [-0.15, -0.1) is 0 Å². The summed E-state index contributed by atoms with van der Waals surface area (Å²) in [5.74, 6) is -0.400. The van der Waals surface area contributed by atoms with Gasteiger partial charge in [-0.2, -0.15) is 4.98 Å². The number of benzene rings is 3. The van der Waals surface area contributed by atoms with Gasteiger partial charge in [-0.3, -0.25) is 9.69 Å². The van der Waals surface area contributed by atoms with Crippen molar-refractivity contribution in [3.8, 4) is 6.01 Å². The van der Waals surface area contributed by atoms with Crippen LogP contribution in [-0.4, -0.2) is 34.1 Å². The molecular formula is C23H18ClN5O4. The summed E-state index contributed by atoms with van der Waals surface area (Å²) in [5, 5.41) is 14.8. The number of carbonyl (C=O) groups is 2. The van der Waals surface area contributed by atoms with Gasteiger partial charge in [0, 0.05) is 34.4 Å². The van der Waals surface area contributed by atoms with Gasteiger partial charge in [-0.05, 0) is 36.4 Å². The monoisotopic (exact) mass is 463 g/mol. The maximum Gasteiger partial charge on any atom is 0.414 e. The fraction of sp³-hybridized carbons (Fsp3) is 0.0870. The molecule has 33 heavy (non-hydrogen) atoms. The van der Waals surface area contributed by atoms with Crippen LogP contribution in [0.15, 0.2) is 60.7 Å². The van der Waals surface area contributed by atoms with Crippen molar-refractivity contribution in [2.24, 2.45) is 0 Å². The van der Waals surface area contributed by atoms with Crippen molar-refractivity contribution in [3.63, 3.8) is 0 Å². The summed E-state index contributed by atoms with van der Waals surface area (Å²) in [7, 11) is 1.43. The van der Waals surface area contributed by atoms with Crippen LogP contribution in [0.4, 0.5) is 16.2 Å². The minimum absolute atomic E-state index is 0.00383. The summed E-state index contributed by atoms with van der Waals surface area (Å²) in [6.07, 6.45) is -0.673. The van der Waals surface area contributed by atoms with Crippen LogP contribution < -0.4 is 20.7 Å². The Morgan fingerprint density at radius 2 is 2.00 bits per heavy atom. The van der Waals surface area contributed by atoms with Gasteiger partial charge in [0.1, 0.15) is 0 Å². The van der Waals surface area contributed by atoms with Crippen molar-refractivity contribution in [1.82, 2.24) is 15.3 Å². The molecule has 5 N–H and O–H groups in total. The van der Waals surface area contributed by atoms with Gasteiger partial charge in [0.05, 0.1) is 16.7 Å². The summed E-state index contributed by atoms with van der Waals surface area (Å²) < 4.78 is 5.06. The van der Waals surface area contributed by atoms with E-state index < -0.39 is 17.7 Å². The van der Waals surface area contributed by atoms with Crippen LogP contribution in [0.2, 0.25) is 5.02 Å². The van der Waals surface area contributed by atoms with Crippen LogP contribution in [0.5, 0.6) is 6.01 Å². The van der Waals surface area contributed by atoms with E-state index in [2.05, 4.69) is 15.3 Å². The third-order valence-electron chi connectivity index (χ3n) is 5.48. The first kappa shape index (κ1) is 20.8. The fourth-order valence-corrected chi connectivity index (χ4v) is 4.30. The van der Waals surface area contributed by atoms with E-state index in [9.17, 15) is 14.7 Å². The number of ether oxygens (including phenoxy) is 1. The summed E-state index contributed by atoms with van der Waals surface area (Å²) >= 11 is 6.20. The number of imidazole rings is 1. The highest BCUT2D eigenvalue weighted by atomic mass is 35.5. The number of hydrogen-bond donors (Lipinski definition) is 4. The third kappa shape index (κ3) is 3.25. The highest BCUT2D eigenvalue weighted by Gasteiger charge is 2.50. The first-order valence-corrected chi connectivity index (χ1v) is 10.3. The van der Waals surface area contributed by atoms with Gasteiger partial charge < -0.3 is 25.9 Å². The molecule has 5 rings (SSSR count). The zero-order valence-electron chi connectivity index (χ0n) is 17.3. The first-order chi connectivity index (χ1) is 15.8. The number of nitrogens with zero attached hydrogens (tertiary/aromatic N) is 2. The van der Waals surface area contributed by atoms with Crippen molar-refractivity contribution in [1.29, 1.82) is 0 Å². The lowest BCUT2D eigenvalue weighted by Crippen LogP contribution is -2.45. The highest BCUT2D eigenvalue weighted by molar-refractivity contribution is 6.31. The van der Waals surface area contributed by atoms with Crippen molar-refractivity contribution < 1.29 is 19.4 Å². The lowest BCUT2D eigenvalue weighted by atomic mass is 9.93. The molecule has 1 aliphatic heterocycles. The van der Waals surface area contributed by atoms with Gasteiger partial charge >= 0.3 is 12.1 Å². The van der Waals surface area contributed by atoms with Crippen molar-refractivity contribution in [2.45, 2.75) is 5.72 Å². The number of anilines is 2. The Morgan fingerprint density at radius 3 is 2.76 bits per heavy atom. The maximum atomic E-state index is 13.4. The van der Waals surface area contributed by atoms with Crippen LogP contribution >= 0.6 is 11.6 Å². The molecule has 0 saturated heterocycles. The predicted molar refractivity (Wildman–Crippen MR) is 123 cm³/mol. The second-order valence-corrected chi connectivity index (χ2v) is 7.95. The Bertz CT molecular complexity index is 1420. The minimum atomic E-state index is -1.86. The molecule has 0 aliphatic carbocycles. The molecule has 1 atom stereocenters. The van der Waals surface area contributed by atoms with Crippen LogP contribution in [-0.2, 0) is 5.72 Å². The molecule has 1 aromatic heterocycles. The molecule has 1 unspecified atom stereocenters. The van der Waals surface area contributed by atoms with Crippen LogP contribution in [0.1, 0.15) is 21.5 Å². The molecule has 1 aliphatic rings. The molecule has 166 valence electrons. The third-order valence-corrected chi connectivity index (χ3v) is 5.70. The number of rotatable bonds is 3. The summed E-state index contributed by atoms with van der Waals surface area (Å²) in [5.41, 5.74) is 6.98. The molecule has 3 aromatic carbocycles. The van der Waals surface area contributed by atoms with E-state index in [0.29, 0.717) is 44.1 Å². The minimum Gasteiger partial charge on any atom is -0.399 e. The number of nitrogens with one attached hydrogen (secondary N) is 2. The number of aliphatic hydroxyl groups is 1. The predicted octanol–water partition coefficient (Wildman–Crippen LogP) is 3.37. The lowest BCUT2D eigenvalue weighted by molar-refractivity contribution is 0.0704. The largest absolute Gasteiger partial charge is 0.414 e. The Kier molecular flexibility index (Phi) is 4.73. The number of nitrogen functional groups attached to an aromatic ring is 1. The number of aromatic amines is 1. The molecule has 2 heterocycles. The number of nitrogens with two attached hydrogens (primary N) is 1. The average molecular weight is 464 g/mol. The van der Waals surface area contributed by atoms with Gasteiger partial charge in [-0.25, -0.2) is 4.79 Å². The number of H-pyrrole nitrogens is 1. The standard InChI is InChI=1S/C23H18ClN5O4/c1-26-22(31)33-21-27-18-7-6-12(8-19(18)28-21)23(32)17-5-3-2-4-16(17)20(30)29(23)15-10-13(24)9-14(25)11-15/h2-11,32H,25H2,1H3,(H,26,31)(H,27,28). The highest BCUT2D eigenvalue weighted by Crippen LogP contribution is 2.46. The quantitative estimate of drug-likeness (QED) is 0.344. The van der Waals surface area contributed by atoms with E-state index in [4.69, 9.17) is 22.1 Å². The molecule has 0 spiro atoms. The van der Waals surface area contributed by atoms with E-state index in [1.54, 1.807) is 60.7 Å². The lowest BCUT2D eigenvalue weighted by Gasteiger charge is -2.35. The van der Waals surface area contributed by atoms with Gasteiger partial charge in [0.25, 0.3) is 5.91 Å². The number of hydrogen-bond acceptors (Lipinski definition) is 6. The molecule has 9 nitrogen and oxygen atoms in total. The first-order valence-electron chi connectivity index (χ1n) is 9.93. The van der Waals surface area contributed by atoms with E-state index in [1.807, 2.05) is 0 Å². The zero-order valence-corrected chi connectivity index (χ0v) is 18.1. The number of halogens is 1. The average Bonchev–Trinajstić information content (AvgIpc) is 3.29. The summed E-state index contributed by atoms with van der Waals surface area (Å²) in [6.45, 7) is 0. The van der Waals surface area contributed by atoms with Crippen molar-refractivity contribution in [3.05, 3.63) is 82.4 Å². The number of amides is 2. The van der Waals surface area contributed by atoms with Gasteiger partial charge in [0.15, 0.2) is 5.72 Å². The summed E-state index contributed by atoms with van der Waals surface area (Å²) in [4.78, 5) is 33.3. The topological polar surface area (TPSA) is 134 Å². The fourth-order valence-electron chi connectivity index (χ4n) is 4.07. The SMILES string of the molecule is CNC(=O)Oc1nc2ccc(C3(O)c4ccccc4C(=O)N3c3cc(N)cc(Cl)c3)cc2[nH]1. The Hall–Kier alpha value is -4.08. The Labute approximate surface area is 192 Å². The number of aromatic nitrogens is 2. The molecule has 4 aromatic rings. The second kappa shape index (κ2) is 7.51. The second-order valence-electron chi connectivity index (χ2n) is 7.51. The molecule has 0 radical (unpaired) electrons.